The maximum absolute atomic E-state index is 12.7. The summed E-state index contributed by atoms with van der Waals surface area (Å²) in [7, 11) is -3.13. The van der Waals surface area contributed by atoms with E-state index in [4.69, 9.17) is 0 Å². The Morgan fingerprint density at radius 3 is 2.48 bits per heavy atom. The number of amides is 2. The van der Waals surface area contributed by atoms with E-state index in [0.29, 0.717) is 12.8 Å². The number of piperazine rings is 1. The van der Waals surface area contributed by atoms with Crippen LogP contribution in [0.2, 0.25) is 0 Å². The predicted molar refractivity (Wildman–Crippen MR) is 79.4 cm³/mol. The summed E-state index contributed by atoms with van der Waals surface area (Å²) < 4.78 is 23.6. The second kappa shape index (κ2) is 5.26. The van der Waals surface area contributed by atoms with Crippen molar-refractivity contribution in [1.29, 1.82) is 0 Å². The smallest absolute Gasteiger partial charge is 0.246 e. The topological polar surface area (TPSA) is 83.6 Å². The highest BCUT2D eigenvalue weighted by Crippen LogP contribution is 2.33. The number of hydrogen-bond donors (Lipinski definition) is 1. The molecule has 2 aliphatic rings. The average molecular weight is 316 g/mol. The lowest BCUT2D eigenvalue weighted by Gasteiger charge is -2.46. The van der Waals surface area contributed by atoms with E-state index < -0.39 is 27.5 Å². The Morgan fingerprint density at radius 1 is 1.38 bits per heavy atom. The van der Waals surface area contributed by atoms with E-state index in [2.05, 4.69) is 5.32 Å². The first kappa shape index (κ1) is 16.3. The molecular formula is C14H24N2O4S. The van der Waals surface area contributed by atoms with Gasteiger partial charge in [-0.2, -0.15) is 0 Å². The van der Waals surface area contributed by atoms with Crippen molar-refractivity contribution in [2.24, 2.45) is 5.92 Å². The van der Waals surface area contributed by atoms with Gasteiger partial charge >= 0.3 is 0 Å². The van der Waals surface area contributed by atoms with Crippen LogP contribution in [0.3, 0.4) is 0 Å². The Kier molecular flexibility index (Phi) is 4.08. The molecule has 0 aromatic rings. The van der Waals surface area contributed by atoms with Gasteiger partial charge in [0.2, 0.25) is 11.8 Å². The van der Waals surface area contributed by atoms with Crippen LogP contribution in [0.25, 0.3) is 0 Å². The van der Waals surface area contributed by atoms with Gasteiger partial charge in [0.25, 0.3) is 0 Å². The van der Waals surface area contributed by atoms with E-state index in [1.165, 1.54) is 4.90 Å². The lowest BCUT2D eigenvalue weighted by atomic mass is 9.91. The van der Waals surface area contributed by atoms with Crippen LogP contribution in [0.15, 0.2) is 0 Å². The zero-order chi connectivity index (χ0) is 16.0. The van der Waals surface area contributed by atoms with Crippen molar-refractivity contribution in [3.8, 4) is 0 Å². The highest BCUT2D eigenvalue weighted by Gasteiger charge is 2.51. The molecule has 21 heavy (non-hydrogen) atoms. The average Bonchev–Trinajstić information content (AvgIpc) is 2.61. The Labute approximate surface area is 126 Å². The number of hydrogen-bond acceptors (Lipinski definition) is 4. The molecule has 0 saturated carbocycles. The summed E-state index contributed by atoms with van der Waals surface area (Å²) in [6.07, 6.45) is 0.962. The lowest BCUT2D eigenvalue weighted by molar-refractivity contribution is -0.155. The predicted octanol–water partition coefficient (Wildman–Crippen LogP) is 0.325. The molecule has 2 rings (SSSR count). The Morgan fingerprint density at radius 2 is 2.00 bits per heavy atom. The van der Waals surface area contributed by atoms with Crippen LogP contribution in [0.5, 0.6) is 0 Å². The van der Waals surface area contributed by atoms with E-state index in [-0.39, 0.29) is 29.2 Å². The Bertz CT molecular complexity index is 557. The minimum atomic E-state index is -3.13. The van der Waals surface area contributed by atoms with Gasteiger partial charge in [0, 0.05) is 0 Å². The van der Waals surface area contributed by atoms with Crippen LogP contribution in [-0.2, 0) is 19.4 Å². The minimum Gasteiger partial charge on any atom is -0.343 e. The fraction of sp³-hybridized carbons (Fsp3) is 0.857. The Balaban J connectivity index is 2.31. The highest BCUT2D eigenvalue weighted by atomic mass is 32.2. The molecule has 0 aliphatic carbocycles. The molecule has 0 spiro atoms. The third-order valence-corrected chi connectivity index (χ3v) is 6.28. The normalized spacial score (nSPS) is 36.1. The highest BCUT2D eigenvalue weighted by molar-refractivity contribution is 7.91. The molecule has 2 saturated heterocycles. The molecule has 0 aromatic heterocycles. The molecule has 2 fully saturated rings. The first-order valence-electron chi connectivity index (χ1n) is 7.40. The minimum absolute atomic E-state index is 0.0578. The van der Waals surface area contributed by atoms with Gasteiger partial charge in [-0.05, 0) is 32.6 Å². The fourth-order valence-corrected chi connectivity index (χ4v) is 5.50. The molecule has 0 bridgehead atoms. The molecule has 2 aliphatic heterocycles. The van der Waals surface area contributed by atoms with Crippen LogP contribution in [0.1, 0.15) is 40.5 Å². The molecule has 0 radical (unpaired) electrons. The maximum Gasteiger partial charge on any atom is 0.246 e. The quantitative estimate of drug-likeness (QED) is 0.813. The van der Waals surface area contributed by atoms with Crippen LogP contribution in [0.4, 0.5) is 0 Å². The SMILES string of the molecule is CC(C)CC1NC(=O)C(C)N(C2(C)CCS(=O)(=O)C2)C1=O. The van der Waals surface area contributed by atoms with Gasteiger partial charge in [-0.3, -0.25) is 9.59 Å². The van der Waals surface area contributed by atoms with E-state index in [9.17, 15) is 18.0 Å². The summed E-state index contributed by atoms with van der Waals surface area (Å²) in [5.41, 5.74) is -0.775. The van der Waals surface area contributed by atoms with Gasteiger partial charge in [-0.1, -0.05) is 13.8 Å². The van der Waals surface area contributed by atoms with Crippen LogP contribution in [-0.4, -0.2) is 54.3 Å². The third kappa shape index (κ3) is 3.07. The molecule has 7 heteroatoms. The molecular weight excluding hydrogens is 292 g/mol. The first-order valence-corrected chi connectivity index (χ1v) is 9.22. The van der Waals surface area contributed by atoms with Crippen molar-refractivity contribution in [2.45, 2.75) is 58.2 Å². The number of rotatable bonds is 3. The molecule has 1 N–H and O–H groups in total. The molecule has 0 aromatic carbocycles. The molecule has 120 valence electrons. The second-order valence-corrected chi connectivity index (χ2v) is 9.10. The molecule has 6 nitrogen and oxygen atoms in total. The lowest BCUT2D eigenvalue weighted by Crippen LogP contribution is -2.68. The maximum atomic E-state index is 12.7. The second-order valence-electron chi connectivity index (χ2n) is 6.91. The molecule has 3 unspecified atom stereocenters. The number of sulfone groups is 1. The fourth-order valence-electron chi connectivity index (χ4n) is 3.38. The van der Waals surface area contributed by atoms with Crippen molar-refractivity contribution in [2.75, 3.05) is 11.5 Å². The van der Waals surface area contributed by atoms with Crippen molar-refractivity contribution in [1.82, 2.24) is 10.2 Å². The zero-order valence-corrected chi connectivity index (χ0v) is 13.9. The standard InChI is InChI=1S/C14H24N2O4S/c1-9(2)7-11-13(18)16(10(3)12(17)15-11)14(4)5-6-21(19,20)8-14/h9-11H,5-8H2,1-4H3,(H,15,17). The van der Waals surface area contributed by atoms with Crippen molar-refractivity contribution in [3.63, 3.8) is 0 Å². The number of carbonyl (C=O) groups is 2. The molecule has 3 atom stereocenters. The summed E-state index contributed by atoms with van der Waals surface area (Å²) in [6, 6.07) is -1.17. The van der Waals surface area contributed by atoms with Crippen LogP contribution < -0.4 is 5.32 Å². The van der Waals surface area contributed by atoms with E-state index >= 15 is 0 Å². The van der Waals surface area contributed by atoms with Gasteiger partial charge in [0.1, 0.15) is 12.1 Å². The zero-order valence-electron chi connectivity index (χ0n) is 13.0. The summed E-state index contributed by atoms with van der Waals surface area (Å²) >= 11 is 0. The summed E-state index contributed by atoms with van der Waals surface area (Å²) in [4.78, 5) is 26.4. The number of carbonyl (C=O) groups excluding carboxylic acids is 2. The number of nitrogens with one attached hydrogen (secondary N) is 1. The van der Waals surface area contributed by atoms with E-state index in [1.54, 1.807) is 13.8 Å². The van der Waals surface area contributed by atoms with Gasteiger partial charge in [-0.25, -0.2) is 8.42 Å². The summed E-state index contributed by atoms with van der Waals surface area (Å²) in [5, 5.41) is 2.76. The molecule has 2 heterocycles. The van der Waals surface area contributed by atoms with Crippen molar-refractivity contribution < 1.29 is 18.0 Å². The van der Waals surface area contributed by atoms with Gasteiger partial charge < -0.3 is 10.2 Å². The first-order chi connectivity index (χ1) is 9.56. The molecule has 2 amide bonds. The van der Waals surface area contributed by atoms with E-state index in [1.807, 2.05) is 13.8 Å². The Hall–Kier alpha value is -1.11. The van der Waals surface area contributed by atoms with Crippen molar-refractivity contribution >= 4 is 21.7 Å². The largest absolute Gasteiger partial charge is 0.343 e. The summed E-state index contributed by atoms with van der Waals surface area (Å²) in [6.45, 7) is 7.42. The third-order valence-electron chi connectivity index (χ3n) is 4.39. The van der Waals surface area contributed by atoms with Gasteiger partial charge in [0.05, 0.1) is 17.0 Å². The van der Waals surface area contributed by atoms with Gasteiger partial charge in [0.15, 0.2) is 9.84 Å². The van der Waals surface area contributed by atoms with Gasteiger partial charge in [-0.15, -0.1) is 0 Å². The van der Waals surface area contributed by atoms with Crippen LogP contribution in [0, 0.1) is 5.92 Å². The summed E-state index contributed by atoms with van der Waals surface area (Å²) in [5.74, 6) is -0.0652. The van der Waals surface area contributed by atoms with E-state index in [0.717, 1.165) is 0 Å². The monoisotopic (exact) mass is 316 g/mol. The van der Waals surface area contributed by atoms with Crippen molar-refractivity contribution in [3.05, 3.63) is 0 Å². The van der Waals surface area contributed by atoms with Crippen LogP contribution >= 0.6 is 0 Å². The number of nitrogens with zero attached hydrogens (tertiary/aromatic N) is 1.